The van der Waals surface area contributed by atoms with Gasteiger partial charge in [0.25, 0.3) is 0 Å². The maximum absolute atomic E-state index is 11.6. The summed E-state index contributed by atoms with van der Waals surface area (Å²) in [5.74, 6) is -0.0245. The lowest BCUT2D eigenvalue weighted by molar-refractivity contribution is -0.145. The smallest absolute Gasteiger partial charge is 0.407 e. The lowest BCUT2D eigenvalue weighted by Gasteiger charge is -2.29. The molecule has 0 spiro atoms. The summed E-state index contributed by atoms with van der Waals surface area (Å²) in [7, 11) is 2.72. The summed E-state index contributed by atoms with van der Waals surface area (Å²) in [5, 5.41) is 5.92. The summed E-state index contributed by atoms with van der Waals surface area (Å²) in [6.07, 6.45) is -0.458. The molecular weight excluding hydrogens is 250 g/mol. The molecule has 7 nitrogen and oxygen atoms in total. The van der Waals surface area contributed by atoms with Crippen molar-refractivity contribution >= 4 is 12.1 Å². The van der Waals surface area contributed by atoms with Crippen molar-refractivity contribution < 1.29 is 19.1 Å². The Hall–Kier alpha value is -1.34. The van der Waals surface area contributed by atoms with Crippen molar-refractivity contribution in [3.05, 3.63) is 0 Å². The number of carbonyl (C=O) groups is 2. The zero-order chi connectivity index (χ0) is 14.4. The molecule has 0 aromatic carbocycles. The second kappa shape index (κ2) is 7.30. The maximum atomic E-state index is 11.6. The van der Waals surface area contributed by atoms with Crippen molar-refractivity contribution in [1.82, 2.24) is 15.5 Å². The molecule has 1 aliphatic heterocycles. The molecule has 0 aromatic rings. The largest absolute Gasteiger partial charge is 0.468 e. The average Bonchev–Trinajstić information content (AvgIpc) is 2.84. The second-order valence-corrected chi connectivity index (χ2v) is 4.91. The Morgan fingerprint density at radius 2 is 2.05 bits per heavy atom. The minimum absolute atomic E-state index is 0.0838. The number of hydrogen-bond acceptors (Lipinski definition) is 6. The number of nitrogens with zero attached hydrogens (tertiary/aromatic N) is 1. The summed E-state index contributed by atoms with van der Waals surface area (Å²) in [4.78, 5) is 24.9. The number of amides is 1. The highest BCUT2D eigenvalue weighted by Crippen LogP contribution is 2.11. The molecule has 1 aliphatic rings. The molecule has 2 atom stereocenters. The van der Waals surface area contributed by atoms with Gasteiger partial charge in [-0.1, -0.05) is 13.8 Å². The number of methoxy groups -OCH3 is 2. The van der Waals surface area contributed by atoms with Gasteiger partial charge in [0.1, 0.15) is 6.04 Å². The van der Waals surface area contributed by atoms with Gasteiger partial charge in [0.2, 0.25) is 0 Å². The third-order valence-electron chi connectivity index (χ3n) is 3.29. The normalized spacial score (nSPS) is 21.2. The molecule has 19 heavy (non-hydrogen) atoms. The molecule has 1 rings (SSSR count). The Bertz CT molecular complexity index is 322. The van der Waals surface area contributed by atoms with Crippen LogP contribution >= 0.6 is 0 Å². The second-order valence-electron chi connectivity index (χ2n) is 4.91. The van der Waals surface area contributed by atoms with Crippen LogP contribution in [0.2, 0.25) is 0 Å². The van der Waals surface area contributed by atoms with E-state index in [2.05, 4.69) is 15.4 Å². The van der Waals surface area contributed by atoms with Gasteiger partial charge in [0, 0.05) is 25.8 Å². The number of ether oxygens (including phenoxy) is 2. The van der Waals surface area contributed by atoms with Gasteiger partial charge in [0.15, 0.2) is 0 Å². The van der Waals surface area contributed by atoms with Crippen LogP contribution in [-0.2, 0) is 14.3 Å². The Kier molecular flexibility index (Phi) is 6.04. The van der Waals surface area contributed by atoms with Gasteiger partial charge in [-0.3, -0.25) is 9.69 Å². The standard InChI is InChI=1S/C12H23N3O4/c1-8(2)9(14-12(17)19-4)6-15-7-13-5-10(15)11(16)18-3/h8-10,13H,5-7H2,1-4H3,(H,14,17). The van der Waals surface area contributed by atoms with Gasteiger partial charge in [-0.2, -0.15) is 0 Å². The third kappa shape index (κ3) is 4.36. The Balaban J connectivity index is 2.62. The van der Waals surface area contributed by atoms with Crippen LogP contribution in [0.15, 0.2) is 0 Å². The molecule has 0 bridgehead atoms. The van der Waals surface area contributed by atoms with E-state index in [4.69, 9.17) is 4.74 Å². The van der Waals surface area contributed by atoms with Crippen molar-refractivity contribution in [2.75, 3.05) is 34.0 Å². The Labute approximate surface area is 113 Å². The fraction of sp³-hybridized carbons (Fsp3) is 0.833. The van der Waals surface area contributed by atoms with Crippen LogP contribution in [0.3, 0.4) is 0 Å². The molecule has 0 aromatic heterocycles. The first-order valence-corrected chi connectivity index (χ1v) is 6.36. The molecule has 7 heteroatoms. The number of carbonyl (C=O) groups excluding carboxylic acids is 2. The monoisotopic (exact) mass is 273 g/mol. The fourth-order valence-corrected chi connectivity index (χ4v) is 2.03. The van der Waals surface area contributed by atoms with Crippen LogP contribution in [0, 0.1) is 5.92 Å². The summed E-state index contributed by atoms with van der Waals surface area (Å²) < 4.78 is 9.39. The van der Waals surface area contributed by atoms with Crippen molar-refractivity contribution in [2.45, 2.75) is 25.9 Å². The highest BCUT2D eigenvalue weighted by Gasteiger charge is 2.33. The maximum Gasteiger partial charge on any atom is 0.407 e. The predicted octanol–water partition coefficient (Wildman–Crippen LogP) is -0.229. The highest BCUT2D eigenvalue weighted by atomic mass is 16.5. The molecule has 2 N–H and O–H groups in total. The van der Waals surface area contributed by atoms with E-state index in [1.165, 1.54) is 14.2 Å². The number of nitrogens with one attached hydrogen (secondary N) is 2. The van der Waals surface area contributed by atoms with E-state index in [0.29, 0.717) is 19.8 Å². The molecule has 1 heterocycles. The van der Waals surface area contributed by atoms with E-state index in [0.717, 1.165) is 0 Å². The van der Waals surface area contributed by atoms with Crippen molar-refractivity contribution in [1.29, 1.82) is 0 Å². The molecule has 1 saturated heterocycles. The van der Waals surface area contributed by atoms with Crippen LogP contribution < -0.4 is 10.6 Å². The van der Waals surface area contributed by atoms with E-state index in [1.54, 1.807) is 0 Å². The average molecular weight is 273 g/mol. The topological polar surface area (TPSA) is 79.9 Å². The minimum Gasteiger partial charge on any atom is -0.468 e. The van der Waals surface area contributed by atoms with E-state index < -0.39 is 6.09 Å². The molecular formula is C12H23N3O4. The van der Waals surface area contributed by atoms with Gasteiger partial charge in [-0.05, 0) is 5.92 Å². The van der Waals surface area contributed by atoms with Crippen molar-refractivity contribution in [3.8, 4) is 0 Å². The number of alkyl carbamates (subject to hydrolysis) is 1. The Morgan fingerprint density at radius 1 is 1.37 bits per heavy atom. The van der Waals surface area contributed by atoms with Crippen LogP contribution in [-0.4, -0.2) is 63.0 Å². The highest BCUT2D eigenvalue weighted by molar-refractivity contribution is 5.76. The molecule has 1 fully saturated rings. The molecule has 0 aliphatic carbocycles. The van der Waals surface area contributed by atoms with Gasteiger partial charge < -0.3 is 20.1 Å². The predicted molar refractivity (Wildman–Crippen MR) is 69.5 cm³/mol. The summed E-state index contributed by atoms with van der Waals surface area (Å²) in [6.45, 7) is 5.76. The summed E-state index contributed by atoms with van der Waals surface area (Å²) in [6, 6.07) is -0.384. The number of rotatable bonds is 5. The Morgan fingerprint density at radius 3 is 2.58 bits per heavy atom. The first-order valence-electron chi connectivity index (χ1n) is 6.36. The lowest BCUT2D eigenvalue weighted by atomic mass is 10.0. The van der Waals surface area contributed by atoms with Gasteiger partial charge >= 0.3 is 12.1 Å². The molecule has 1 amide bonds. The van der Waals surface area contributed by atoms with Crippen LogP contribution in [0.5, 0.6) is 0 Å². The van der Waals surface area contributed by atoms with Gasteiger partial charge in [-0.25, -0.2) is 4.79 Å². The van der Waals surface area contributed by atoms with Crippen molar-refractivity contribution in [3.63, 3.8) is 0 Å². The molecule has 0 radical (unpaired) electrons. The number of esters is 1. The quantitative estimate of drug-likeness (QED) is 0.674. The van der Waals surface area contributed by atoms with Crippen LogP contribution in [0.25, 0.3) is 0 Å². The molecule has 110 valence electrons. The van der Waals surface area contributed by atoms with E-state index >= 15 is 0 Å². The van der Waals surface area contributed by atoms with Crippen LogP contribution in [0.4, 0.5) is 4.79 Å². The zero-order valence-electron chi connectivity index (χ0n) is 11.9. The lowest BCUT2D eigenvalue weighted by Crippen LogP contribution is -2.50. The van der Waals surface area contributed by atoms with Crippen LogP contribution in [0.1, 0.15) is 13.8 Å². The first-order chi connectivity index (χ1) is 8.99. The van der Waals surface area contributed by atoms with Gasteiger partial charge in [-0.15, -0.1) is 0 Å². The first kappa shape index (κ1) is 15.7. The minimum atomic E-state index is -0.458. The molecule has 2 unspecified atom stereocenters. The van der Waals surface area contributed by atoms with E-state index in [-0.39, 0.29) is 24.0 Å². The zero-order valence-corrected chi connectivity index (χ0v) is 11.9. The third-order valence-corrected chi connectivity index (χ3v) is 3.29. The van der Waals surface area contributed by atoms with E-state index in [9.17, 15) is 9.59 Å². The summed E-state index contributed by atoms with van der Waals surface area (Å²) in [5.41, 5.74) is 0. The SMILES string of the molecule is COC(=O)NC(CN1CNCC1C(=O)OC)C(C)C. The fourth-order valence-electron chi connectivity index (χ4n) is 2.03. The summed E-state index contributed by atoms with van der Waals surface area (Å²) >= 11 is 0. The van der Waals surface area contributed by atoms with E-state index in [1.807, 2.05) is 18.7 Å². The number of hydrogen-bond donors (Lipinski definition) is 2. The molecule has 0 saturated carbocycles. The van der Waals surface area contributed by atoms with Gasteiger partial charge in [0.05, 0.1) is 14.2 Å². The van der Waals surface area contributed by atoms with Crippen molar-refractivity contribution in [2.24, 2.45) is 5.92 Å².